The van der Waals surface area contributed by atoms with Crippen LogP contribution in [-0.2, 0) is 4.79 Å². The molecule has 28 heavy (non-hydrogen) atoms. The summed E-state index contributed by atoms with van der Waals surface area (Å²) in [6.45, 7) is 2.84. The Bertz CT molecular complexity index is 1010. The fraction of sp³-hybridized carbons (Fsp3) is 0.350. The number of methoxy groups -OCH3 is 1. The summed E-state index contributed by atoms with van der Waals surface area (Å²) in [5, 5.41) is 7.51. The van der Waals surface area contributed by atoms with E-state index in [1.807, 2.05) is 24.3 Å². The van der Waals surface area contributed by atoms with Gasteiger partial charge in [0.1, 0.15) is 17.2 Å². The van der Waals surface area contributed by atoms with E-state index in [2.05, 4.69) is 15.5 Å². The monoisotopic (exact) mass is 382 g/mol. The van der Waals surface area contributed by atoms with Crippen LogP contribution in [0.15, 0.2) is 34.9 Å². The molecule has 0 spiro atoms. The Labute approximate surface area is 161 Å². The largest absolute Gasteiger partial charge is 0.497 e. The summed E-state index contributed by atoms with van der Waals surface area (Å²) in [6.07, 6.45) is 1.23. The number of carbonyl (C=O) groups excluding carboxylic acids is 2. The number of aromatic amines is 1. The number of nitrogens with zero attached hydrogens (tertiary/aromatic N) is 2. The Kier molecular flexibility index (Phi) is 4.77. The molecule has 0 radical (unpaired) electrons. The van der Waals surface area contributed by atoms with Gasteiger partial charge in [0.15, 0.2) is 5.82 Å². The standard InChI is InChI=1S/C20H22N4O4/c1-12-9-18(23-28-12)22-19(25)13-5-7-24(8-6-13)20(26)17-10-14-3-4-15(27-2)11-16(14)21-17/h3-4,9-11,13,21H,5-8H2,1-2H3,(H,22,23,25). The van der Waals surface area contributed by atoms with Crippen LogP contribution in [0.2, 0.25) is 0 Å². The highest BCUT2D eigenvalue weighted by atomic mass is 16.5. The molecule has 2 aromatic heterocycles. The quantitative estimate of drug-likeness (QED) is 0.722. The third-order valence-corrected chi connectivity index (χ3v) is 5.09. The summed E-state index contributed by atoms with van der Waals surface area (Å²) in [4.78, 5) is 30.2. The first-order chi connectivity index (χ1) is 13.5. The molecule has 1 fully saturated rings. The number of hydrogen-bond acceptors (Lipinski definition) is 5. The minimum atomic E-state index is -0.145. The van der Waals surface area contributed by atoms with Gasteiger partial charge in [-0.05, 0) is 38.0 Å². The van der Waals surface area contributed by atoms with Crippen LogP contribution < -0.4 is 10.1 Å². The maximum atomic E-state index is 12.8. The van der Waals surface area contributed by atoms with Crippen LogP contribution in [0.3, 0.4) is 0 Å². The van der Waals surface area contributed by atoms with Crippen molar-refractivity contribution in [2.45, 2.75) is 19.8 Å². The molecule has 8 nitrogen and oxygen atoms in total. The molecule has 1 aliphatic rings. The maximum absolute atomic E-state index is 12.8. The predicted octanol–water partition coefficient (Wildman–Crippen LogP) is 2.96. The smallest absolute Gasteiger partial charge is 0.270 e. The van der Waals surface area contributed by atoms with Crippen LogP contribution in [0.1, 0.15) is 29.1 Å². The molecule has 0 aliphatic carbocycles. The van der Waals surface area contributed by atoms with Gasteiger partial charge in [0.05, 0.1) is 7.11 Å². The second-order valence-corrected chi connectivity index (χ2v) is 7.01. The van der Waals surface area contributed by atoms with Crippen molar-refractivity contribution in [1.82, 2.24) is 15.0 Å². The van der Waals surface area contributed by atoms with Gasteiger partial charge < -0.3 is 24.5 Å². The predicted molar refractivity (Wildman–Crippen MR) is 103 cm³/mol. The number of ether oxygens (including phenoxy) is 1. The topological polar surface area (TPSA) is 100 Å². The third kappa shape index (κ3) is 3.58. The first-order valence-electron chi connectivity index (χ1n) is 9.23. The van der Waals surface area contributed by atoms with Gasteiger partial charge >= 0.3 is 0 Å². The first-order valence-corrected chi connectivity index (χ1v) is 9.23. The molecule has 146 valence electrons. The van der Waals surface area contributed by atoms with E-state index in [9.17, 15) is 9.59 Å². The van der Waals surface area contributed by atoms with E-state index >= 15 is 0 Å². The molecule has 1 saturated heterocycles. The van der Waals surface area contributed by atoms with Crippen molar-refractivity contribution in [2.75, 3.05) is 25.5 Å². The molecule has 3 aromatic rings. The SMILES string of the molecule is COc1ccc2cc(C(=O)N3CCC(C(=O)Nc4cc(C)on4)CC3)[nH]c2c1. The van der Waals surface area contributed by atoms with Crippen molar-refractivity contribution in [3.8, 4) is 5.75 Å². The zero-order chi connectivity index (χ0) is 19.7. The minimum Gasteiger partial charge on any atom is -0.497 e. The Morgan fingerprint density at radius 3 is 2.71 bits per heavy atom. The van der Waals surface area contributed by atoms with E-state index in [4.69, 9.17) is 9.26 Å². The number of benzene rings is 1. The van der Waals surface area contributed by atoms with Crippen LogP contribution >= 0.6 is 0 Å². The highest BCUT2D eigenvalue weighted by Crippen LogP contribution is 2.24. The molecule has 2 amide bonds. The number of anilines is 1. The number of hydrogen-bond donors (Lipinski definition) is 2. The number of fused-ring (bicyclic) bond motifs is 1. The molecule has 1 aliphatic heterocycles. The lowest BCUT2D eigenvalue weighted by molar-refractivity contribution is -0.121. The summed E-state index contributed by atoms with van der Waals surface area (Å²) >= 11 is 0. The lowest BCUT2D eigenvalue weighted by atomic mass is 9.95. The highest BCUT2D eigenvalue weighted by Gasteiger charge is 2.29. The van der Waals surface area contributed by atoms with Gasteiger partial charge in [-0.15, -0.1) is 0 Å². The normalized spacial score (nSPS) is 15.0. The molecule has 1 aromatic carbocycles. The van der Waals surface area contributed by atoms with Crippen molar-refractivity contribution in [3.63, 3.8) is 0 Å². The highest BCUT2D eigenvalue weighted by molar-refractivity contribution is 5.98. The maximum Gasteiger partial charge on any atom is 0.270 e. The van der Waals surface area contributed by atoms with Gasteiger partial charge in [-0.25, -0.2) is 0 Å². The van der Waals surface area contributed by atoms with Gasteiger partial charge in [-0.3, -0.25) is 9.59 Å². The number of likely N-dealkylation sites (tertiary alicyclic amines) is 1. The average molecular weight is 382 g/mol. The van der Waals surface area contributed by atoms with E-state index in [0.29, 0.717) is 43.2 Å². The lowest BCUT2D eigenvalue weighted by Crippen LogP contribution is -2.41. The number of carbonyl (C=O) groups is 2. The number of piperidine rings is 1. The van der Waals surface area contributed by atoms with E-state index in [-0.39, 0.29) is 17.7 Å². The van der Waals surface area contributed by atoms with Crippen LogP contribution in [0.5, 0.6) is 5.75 Å². The molecule has 8 heteroatoms. The third-order valence-electron chi connectivity index (χ3n) is 5.09. The number of rotatable bonds is 4. The summed E-state index contributed by atoms with van der Waals surface area (Å²) in [5.41, 5.74) is 1.41. The number of amides is 2. The lowest BCUT2D eigenvalue weighted by Gasteiger charge is -2.30. The van der Waals surface area contributed by atoms with E-state index in [0.717, 1.165) is 16.7 Å². The zero-order valence-corrected chi connectivity index (χ0v) is 15.8. The zero-order valence-electron chi connectivity index (χ0n) is 15.8. The fourth-order valence-electron chi connectivity index (χ4n) is 3.52. The number of aromatic nitrogens is 2. The van der Waals surface area contributed by atoms with Gasteiger partial charge in [0.25, 0.3) is 5.91 Å². The first kappa shape index (κ1) is 18.1. The van der Waals surface area contributed by atoms with Crippen molar-refractivity contribution >= 4 is 28.5 Å². The fourth-order valence-corrected chi connectivity index (χ4v) is 3.52. The molecule has 0 bridgehead atoms. The summed E-state index contributed by atoms with van der Waals surface area (Å²) < 4.78 is 10.2. The van der Waals surface area contributed by atoms with Crippen molar-refractivity contribution < 1.29 is 18.8 Å². The van der Waals surface area contributed by atoms with Crippen molar-refractivity contribution in [2.24, 2.45) is 5.92 Å². The Morgan fingerprint density at radius 2 is 2.04 bits per heavy atom. The van der Waals surface area contributed by atoms with Gasteiger partial charge in [-0.2, -0.15) is 0 Å². The molecule has 0 saturated carbocycles. The molecular weight excluding hydrogens is 360 g/mol. The second-order valence-electron chi connectivity index (χ2n) is 7.01. The Morgan fingerprint density at radius 1 is 1.25 bits per heavy atom. The molecule has 2 N–H and O–H groups in total. The second kappa shape index (κ2) is 7.38. The van der Waals surface area contributed by atoms with Gasteiger partial charge in [-0.1, -0.05) is 5.16 Å². The van der Waals surface area contributed by atoms with Crippen molar-refractivity contribution in [3.05, 3.63) is 41.8 Å². The number of H-pyrrole nitrogens is 1. The molecule has 4 rings (SSSR count). The Balaban J connectivity index is 1.37. The van der Waals surface area contributed by atoms with E-state index < -0.39 is 0 Å². The Hall–Kier alpha value is -3.29. The molecular formula is C20H22N4O4. The number of nitrogens with one attached hydrogen (secondary N) is 2. The van der Waals surface area contributed by atoms with Gasteiger partial charge in [0, 0.05) is 42.0 Å². The van der Waals surface area contributed by atoms with Crippen LogP contribution in [0.4, 0.5) is 5.82 Å². The molecule has 0 atom stereocenters. The number of aryl methyl sites for hydroxylation is 1. The average Bonchev–Trinajstić information content (AvgIpc) is 3.32. The summed E-state index contributed by atoms with van der Waals surface area (Å²) in [7, 11) is 1.61. The van der Waals surface area contributed by atoms with Crippen LogP contribution in [-0.4, -0.2) is 47.1 Å². The summed E-state index contributed by atoms with van der Waals surface area (Å²) in [5.74, 6) is 1.52. The van der Waals surface area contributed by atoms with Crippen LogP contribution in [0, 0.1) is 12.8 Å². The van der Waals surface area contributed by atoms with E-state index in [1.165, 1.54) is 0 Å². The molecule has 3 heterocycles. The van der Waals surface area contributed by atoms with Gasteiger partial charge in [0.2, 0.25) is 5.91 Å². The summed E-state index contributed by atoms with van der Waals surface area (Å²) in [6, 6.07) is 9.19. The van der Waals surface area contributed by atoms with Crippen molar-refractivity contribution in [1.29, 1.82) is 0 Å². The minimum absolute atomic E-state index is 0.0545. The molecule has 0 unspecified atom stereocenters. The van der Waals surface area contributed by atoms with Crippen LogP contribution in [0.25, 0.3) is 10.9 Å². The van der Waals surface area contributed by atoms with E-state index in [1.54, 1.807) is 25.0 Å².